The van der Waals surface area contributed by atoms with Gasteiger partial charge in [0.25, 0.3) is 5.56 Å². The molecule has 0 fully saturated rings. The third-order valence-corrected chi connectivity index (χ3v) is 4.67. The van der Waals surface area contributed by atoms with Crippen molar-refractivity contribution in [3.63, 3.8) is 0 Å². The molecule has 0 saturated heterocycles. The molecular weight excluding hydrogens is 380 g/mol. The molecule has 0 aliphatic rings. The van der Waals surface area contributed by atoms with Crippen LogP contribution in [0.15, 0.2) is 66.2 Å². The molecule has 0 radical (unpaired) electrons. The number of aliphatic hydroxyl groups excluding tert-OH is 1. The minimum absolute atomic E-state index is 0.147. The van der Waals surface area contributed by atoms with E-state index < -0.39 is 6.10 Å². The standard InChI is InChI=1S/C22H20N6O2/c23-10-9-16-17-6-4-12-26-21(17)28(27-14-13-24-15-27)22(30)18(16)5-3-8-20(29)19-7-1-2-11-25-19/h1-2,4,6-7,11-15,20,29H,8-10,23H2. The van der Waals surface area contributed by atoms with Crippen LogP contribution >= 0.6 is 0 Å². The SMILES string of the molecule is NCCc1c(C#CCC(O)c2ccccn2)c(=O)n(-n2ccnc2)c2ncccc12. The van der Waals surface area contributed by atoms with Crippen LogP contribution in [0.25, 0.3) is 11.0 Å². The summed E-state index contributed by atoms with van der Waals surface area (Å²) >= 11 is 0. The van der Waals surface area contributed by atoms with Crippen molar-refractivity contribution in [1.29, 1.82) is 0 Å². The van der Waals surface area contributed by atoms with Crippen molar-refractivity contribution in [3.05, 3.63) is 88.6 Å². The quantitative estimate of drug-likeness (QED) is 0.488. The van der Waals surface area contributed by atoms with Crippen molar-refractivity contribution >= 4 is 11.0 Å². The smallest absolute Gasteiger partial charge is 0.287 e. The van der Waals surface area contributed by atoms with Crippen LogP contribution in [0.1, 0.15) is 29.3 Å². The van der Waals surface area contributed by atoms with E-state index in [0.29, 0.717) is 29.9 Å². The van der Waals surface area contributed by atoms with Crippen molar-refractivity contribution in [2.45, 2.75) is 18.9 Å². The molecule has 4 aromatic rings. The molecule has 8 heteroatoms. The molecule has 4 rings (SSSR count). The molecule has 30 heavy (non-hydrogen) atoms. The van der Waals surface area contributed by atoms with Gasteiger partial charge in [0.2, 0.25) is 0 Å². The monoisotopic (exact) mass is 400 g/mol. The average Bonchev–Trinajstić information content (AvgIpc) is 3.30. The highest BCUT2D eigenvalue weighted by molar-refractivity contribution is 5.81. The zero-order valence-electron chi connectivity index (χ0n) is 16.1. The topological polar surface area (TPSA) is 112 Å². The minimum Gasteiger partial charge on any atom is -0.386 e. The zero-order chi connectivity index (χ0) is 20.9. The minimum atomic E-state index is -0.838. The van der Waals surface area contributed by atoms with E-state index in [0.717, 1.165) is 10.9 Å². The van der Waals surface area contributed by atoms with Gasteiger partial charge in [-0.2, -0.15) is 4.68 Å². The van der Waals surface area contributed by atoms with Gasteiger partial charge >= 0.3 is 0 Å². The lowest BCUT2D eigenvalue weighted by atomic mass is 10.0. The third-order valence-electron chi connectivity index (χ3n) is 4.67. The fourth-order valence-corrected chi connectivity index (χ4v) is 3.30. The van der Waals surface area contributed by atoms with Gasteiger partial charge in [0.1, 0.15) is 12.4 Å². The Balaban J connectivity index is 1.84. The number of rotatable bonds is 5. The highest BCUT2D eigenvalue weighted by Gasteiger charge is 2.17. The maximum Gasteiger partial charge on any atom is 0.287 e. The Morgan fingerprint density at radius 2 is 2.00 bits per heavy atom. The molecule has 3 N–H and O–H groups in total. The first-order chi connectivity index (χ1) is 14.7. The Labute approximate surface area is 172 Å². The van der Waals surface area contributed by atoms with Crippen molar-refractivity contribution in [2.75, 3.05) is 6.54 Å². The molecule has 0 spiro atoms. The van der Waals surface area contributed by atoms with Crippen molar-refractivity contribution in [1.82, 2.24) is 24.3 Å². The van der Waals surface area contributed by atoms with E-state index in [1.54, 1.807) is 47.7 Å². The van der Waals surface area contributed by atoms with E-state index in [1.165, 1.54) is 11.0 Å². The van der Waals surface area contributed by atoms with E-state index in [-0.39, 0.29) is 12.0 Å². The molecule has 0 saturated carbocycles. The van der Waals surface area contributed by atoms with Gasteiger partial charge < -0.3 is 10.8 Å². The number of aromatic nitrogens is 5. The Morgan fingerprint density at radius 1 is 1.13 bits per heavy atom. The molecule has 4 heterocycles. The van der Waals surface area contributed by atoms with Crippen LogP contribution in [-0.2, 0) is 6.42 Å². The molecule has 0 bridgehead atoms. The summed E-state index contributed by atoms with van der Waals surface area (Å²) in [7, 11) is 0. The first-order valence-corrected chi connectivity index (χ1v) is 9.50. The van der Waals surface area contributed by atoms with Gasteiger partial charge in [-0.05, 0) is 42.8 Å². The molecular formula is C22H20N6O2. The maximum atomic E-state index is 13.4. The van der Waals surface area contributed by atoms with Gasteiger partial charge in [0.15, 0.2) is 5.65 Å². The highest BCUT2D eigenvalue weighted by atomic mass is 16.3. The molecule has 0 aromatic carbocycles. The molecule has 0 aliphatic carbocycles. The Hall–Kier alpha value is -3.80. The third kappa shape index (κ3) is 3.72. The van der Waals surface area contributed by atoms with Crippen LogP contribution < -0.4 is 11.3 Å². The first-order valence-electron chi connectivity index (χ1n) is 9.50. The van der Waals surface area contributed by atoms with E-state index in [4.69, 9.17) is 5.73 Å². The second kappa shape index (κ2) is 8.69. The number of imidazole rings is 1. The van der Waals surface area contributed by atoms with Crippen molar-refractivity contribution in [3.8, 4) is 11.8 Å². The number of pyridine rings is 3. The number of hydrogen-bond acceptors (Lipinski definition) is 6. The fraction of sp³-hybridized carbons (Fsp3) is 0.182. The van der Waals surface area contributed by atoms with Crippen molar-refractivity contribution < 1.29 is 5.11 Å². The molecule has 1 unspecified atom stereocenters. The van der Waals surface area contributed by atoms with Gasteiger partial charge in [-0.3, -0.25) is 9.78 Å². The lowest BCUT2D eigenvalue weighted by Gasteiger charge is -2.14. The molecule has 0 aliphatic heterocycles. The largest absolute Gasteiger partial charge is 0.386 e. The number of hydrogen-bond donors (Lipinski definition) is 2. The lowest BCUT2D eigenvalue weighted by Crippen LogP contribution is -2.30. The summed E-state index contributed by atoms with van der Waals surface area (Å²) in [6.07, 6.45) is 7.82. The average molecular weight is 400 g/mol. The Kier molecular flexibility index (Phi) is 5.66. The van der Waals surface area contributed by atoms with Crippen LogP contribution in [0.3, 0.4) is 0 Å². The van der Waals surface area contributed by atoms with E-state index in [2.05, 4.69) is 26.8 Å². The van der Waals surface area contributed by atoms with Crippen LogP contribution in [0.5, 0.6) is 0 Å². The van der Waals surface area contributed by atoms with Crippen LogP contribution in [0.2, 0.25) is 0 Å². The number of aliphatic hydroxyl groups is 1. The normalized spacial score (nSPS) is 11.8. The number of nitrogens with two attached hydrogens (primary N) is 1. The summed E-state index contributed by atoms with van der Waals surface area (Å²) in [4.78, 5) is 26.0. The van der Waals surface area contributed by atoms with Crippen molar-refractivity contribution in [2.24, 2.45) is 5.73 Å². The zero-order valence-corrected chi connectivity index (χ0v) is 16.1. The maximum absolute atomic E-state index is 13.4. The molecule has 1 atom stereocenters. The van der Waals surface area contributed by atoms with Crippen LogP contribution in [0, 0.1) is 11.8 Å². The summed E-state index contributed by atoms with van der Waals surface area (Å²) in [6.45, 7) is 0.365. The number of nitrogens with zero attached hydrogens (tertiary/aromatic N) is 5. The predicted molar refractivity (Wildman–Crippen MR) is 112 cm³/mol. The van der Waals surface area contributed by atoms with E-state index >= 15 is 0 Å². The van der Waals surface area contributed by atoms with Gasteiger partial charge in [0, 0.05) is 36.6 Å². The summed E-state index contributed by atoms with van der Waals surface area (Å²) in [6, 6.07) is 9.03. The van der Waals surface area contributed by atoms with Gasteiger partial charge in [0.05, 0.1) is 11.3 Å². The first kappa shape index (κ1) is 19.5. The second-order valence-corrected chi connectivity index (χ2v) is 6.60. The van der Waals surface area contributed by atoms with E-state index in [9.17, 15) is 9.90 Å². The summed E-state index contributed by atoms with van der Waals surface area (Å²) in [5.74, 6) is 5.91. The fourth-order valence-electron chi connectivity index (χ4n) is 3.30. The predicted octanol–water partition coefficient (Wildman–Crippen LogP) is 1.28. The van der Waals surface area contributed by atoms with Gasteiger partial charge in [-0.25, -0.2) is 14.6 Å². The summed E-state index contributed by atoms with van der Waals surface area (Å²) < 4.78 is 3.00. The lowest BCUT2D eigenvalue weighted by molar-refractivity contribution is 0.179. The van der Waals surface area contributed by atoms with Crippen LogP contribution in [-0.4, -0.2) is 36.0 Å². The Bertz CT molecular complexity index is 1270. The molecule has 4 aromatic heterocycles. The van der Waals surface area contributed by atoms with Crippen LogP contribution in [0.4, 0.5) is 0 Å². The summed E-state index contributed by atoms with van der Waals surface area (Å²) in [5, 5.41) is 11.1. The molecule has 0 amide bonds. The number of fused-ring (bicyclic) bond motifs is 1. The molecule has 8 nitrogen and oxygen atoms in total. The van der Waals surface area contributed by atoms with Gasteiger partial charge in [-0.1, -0.05) is 17.9 Å². The Morgan fingerprint density at radius 3 is 2.73 bits per heavy atom. The second-order valence-electron chi connectivity index (χ2n) is 6.60. The summed E-state index contributed by atoms with van der Waals surface area (Å²) in [5.41, 5.74) is 7.62. The molecule has 150 valence electrons. The van der Waals surface area contributed by atoms with E-state index in [1.807, 2.05) is 12.1 Å². The highest BCUT2D eigenvalue weighted by Crippen LogP contribution is 2.19. The van der Waals surface area contributed by atoms with Gasteiger partial charge in [-0.15, -0.1) is 0 Å².